The maximum atomic E-state index is 5.54. The van der Waals surface area contributed by atoms with Gasteiger partial charge in [0.25, 0.3) is 0 Å². The van der Waals surface area contributed by atoms with E-state index in [1.807, 2.05) is 0 Å². The third kappa shape index (κ3) is 6.15. The molecule has 1 heteroatoms. The van der Waals surface area contributed by atoms with Gasteiger partial charge in [0.2, 0.25) is 0 Å². The Kier molecular flexibility index (Phi) is 5.81. The number of rotatable bonds is 4. The van der Waals surface area contributed by atoms with Crippen molar-refractivity contribution < 1.29 is 0 Å². The van der Waals surface area contributed by atoms with Gasteiger partial charge in [-0.05, 0) is 25.7 Å². The quantitative estimate of drug-likeness (QED) is 0.436. The summed E-state index contributed by atoms with van der Waals surface area (Å²) in [5, 5.41) is 0. The highest BCUT2D eigenvalue weighted by Gasteiger charge is 1.93. The van der Waals surface area contributed by atoms with Crippen molar-refractivity contribution in [2.75, 3.05) is 5.88 Å². The highest BCUT2D eigenvalue weighted by molar-refractivity contribution is 6.18. The molecule has 0 aliphatic heterocycles. The summed E-state index contributed by atoms with van der Waals surface area (Å²) in [4.78, 5) is 0. The van der Waals surface area contributed by atoms with Gasteiger partial charge in [0.15, 0.2) is 0 Å². The van der Waals surface area contributed by atoms with Crippen molar-refractivity contribution >= 4 is 11.6 Å². The molecule has 0 rings (SSSR count). The van der Waals surface area contributed by atoms with Crippen molar-refractivity contribution in [3.8, 4) is 0 Å². The van der Waals surface area contributed by atoms with Crippen molar-refractivity contribution in [3.63, 3.8) is 0 Å². The predicted molar refractivity (Wildman–Crippen MR) is 48.5 cm³/mol. The van der Waals surface area contributed by atoms with Crippen LogP contribution in [0.25, 0.3) is 0 Å². The first kappa shape index (κ1) is 10.0. The topological polar surface area (TPSA) is 0 Å². The summed E-state index contributed by atoms with van der Waals surface area (Å²) in [5.41, 5.74) is 1.42. The Morgan fingerprint density at radius 2 is 2.10 bits per heavy atom. The Morgan fingerprint density at radius 3 is 2.50 bits per heavy atom. The zero-order chi connectivity index (χ0) is 7.98. The standard InChI is InChI=1S/C9H17Cl/c1-8(2)4-5-9(3)6-7-10/h6,8H,4-5,7H2,1-3H3/b9-6+. The number of hydrogen-bond acceptors (Lipinski definition) is 0. The molecule has 0 heterocycles. The van der Waals surface area contributed by atoms with Crippen molar-refractivity contribution in [2.24, 2.45) is 5.92 Å². The van der Waals surface area contributed by atoms with Crippen molar-refractivity contribution in [1.29, 1.82) is 0 Å². The molecule has 0 spiro atoms. The summed E-state index contributed by atoms with van der Waals surface area (Å²) < 4.78 is 0. The van der Waals surface area contributed by atoms with E-state index < -0.39 is 0 Å². The molecular formula is C9H17Cl. The predicted octanol–water partition coefficient (Wildman–Crippen LogP) is 3.61. The van der Waals surface area contributed by atoms with Crippen LogP contribution >= 0.6 is 11.6 Å². The van der Waals surface area contributed by atoms with Gasteiger partial charge in [0, 0.05) is 5.88 Å². The van der Waals surface area contributed by atoms with Gasteiger partial charge in [-0.25, -0.2) is 0 Å². The van der Waals surface area contributed by atoms with Crippen molar-refractivity contribution in [3.05, 3.63) is 11.6 Å². The fourth-order valence-corrected chi connectivity index (χ4v) is 1.01. The number of allylic oxidation sites excluding steroid dienone is 2. The monoisotopic (exact) mass is 160 g/mol. The second-order valence-electron chi connectivity index (χ2n) is 3.14. The van der Waals surface area contributed by atoms with Gasteiger partial charge in [0.1, 0.15) is 0 Å². The second kappa shape index (κ2) is 5.79. The maximum absolute atomic E-state index is 5.54. The van der Waals surface area contributed by atoms with Crippen molar-refractivity contribution in [2.45, 2.75) is 33.6 Å². The first-order valence-corrected chi connectivity index (χ1v) is 4.42. The van der Waals surface area contributed by atoms with E-state index in [0.717, 1.165) is 5.92 Å². The van der Waals surface area contributed by atoms with Crippen LogP contribution in [-0.4, -0.2) is 5.88 Å². The minimum Gasteiger partial charge on any atom is -0.122 e. The first-order chi connectivity index (χ1) is 4.66. The molecule has 0 saturated carbocycles. The van der Waals surface area contributed by atoms with Crippen LogP contribution in [0.5, 0.6) is 0 Å². The number of alkyl halides is 1. The molecule has 0 aromatic carbocycles. The fourth-order valence-electron chi connectivity index (χ4n) is 0.750. The van der Waals surface area contributed by atoms with Gasteiger partial charge in [0.05, 0.1) is 0 Å². The Morgan fingerprint density at radius 1 is 1.50 bits per heavy atom. The van der Waals surface area contributed by atoms with E-state index in [9.17, 15) is 0 Å². The average Bonchev–Trinajstić information content (AvgIpc) is 1.85. The molecular weight excluding hydrogens is 144 g/mol. The molecule has 0 atom stereocenters. The molecule has 0 aliphatic rings. The Labute approximate surface area is 69.3 Å². The second-order valence-corrected chi connectivity index (χ2v) is 3.45. The van der Waals surface area contributed by atoms with Crippen LogP contribution < -0.4 is 0 Å². The zero-order valence-corrected chi connectivity index (χ0v) is 7.91. The molecule has 0 nitrogen and oxygen atoms in total. The average molecular weight is 161 g/mol. The zero-order valence-electron chi connectivity index (χ0n) is 7.15. The summed E-state index contributed by atoms with van der Waals surface area (Å²) in [7, 11) is 0. The van der Waals surface area contributed by atoms with E-state index in [1.54, 1.807) is 0 Å². The molecule has 0 unspecified atom stereocenters. The largest absolute Gasteiger partial charge is 0.122 e. The van der Waals surface area contributed by atoms with Crippen molar-refractivity contribution in [1.82, 2.24) is 0 Å². The lowest BCUT2D eigenvalue weighted by atomic mass is 10.0. The summed E-state index contributed by atoms with van der Waals surface area (Å²) in [5.74, 6) is 1.46. The van der Waals surface area contributed by atoms with Crippen LogP contribution in [0.2, 0.25) is 0 Å². The lowest BCUT2D eigenvalue weighted by Crippen LogP contribution is -1.87. The minimum absolute atomic E-state index is 0.657. The maximum Gasteiger partial charge on any atom is 0.0406 e. The van der Waals surface area contributed by atoms with Gasteiger partial charge < -0.3 is 0 Å². The summed E-state index contributed by atoms with van der Waals surface area (Å²) in [6, 6.07) is 0. The lowest BCUT2D eigenvalue weighted by molar-refractivity contribution is 0.584. The molecule has 0 saturated heterocycles. The smallest absolute Gasteiger partial charge is 0.0406 e. The van der Waals surface area contributed by atoms with Crippen LogP contribution in [-0.2, 0) is 0 Å². The van der Waals surface area contributed by atoms with Crippen LogP contribution in [0, 0.1) is 5.92 Å². The Hall–Kier alpha value is 0.0300. The van der Waals surface area contributed by atoms with Gasteiger partial charge >= 0.3 is 0 Å². The molecule has 0 aliphatic carbocycles. The first-order valence-electron chi connectivity index (χ1n) is 3.88. The fraction of sp³-hybridized carbons (Fsp3) is 0.778. The SMILES string of the molecule is C/C(=C\CCl)CCC(C)C. The van der Waals surface area contributed by atoms with E-state index in [0.29, 0.717) is 5.88 Å². The van der Waals surface area contributed by atoms with Crippen LogP contribution in [0.3, 0.4) is 0 Å². The van der Waals surface area contributed by atoms with Crippen LogP contribution in [0.1, 0.15) is 33.6 Å². The van der Waals surface area contributed by atoms with Crippen LogP contribution in [0.4, 0.5) is 0 Å². The van der Waals surface area contributed by atoms with E-state index in [2.05, 4.69) is 26.8 Å². The highest BCUT2D eigenvalue weighted by Crippen LogP contribution is 2.10. The van der Waals surface area contributed by atoms with Gasteiger partial charge in [-0.15, -0.1) is 11.6 Å². The highest BCUT2D eigenvalue weighted by atomic mass is 35.5. The molecule has 0 bridgehead atoms. The molecule has 0 N–H and O–H groups in total. The summed E-state index contributed by atoms with van der Waals surface area (Å²) in [6.07, 6.45) is 4.56. The molecule has 0 aromatic rings. The molecule has 0 radical (unpaired) electrons. The normalized spacial score (nSPS) is 12.7. The molecule has 0 aromatic heterocycles. The molecule has 0 fully saturated rings. The van der Waals surface area contributed by atoms with Crippen LogP contribution in [0.15, 0.2) is 11.6 Å². The summed E-state index contributed by atoms with van der Waals surface area (Å²) >= 11 is 5.54. The third-order valence-electron chi connectivity index (χ3n) is 1.54. The minimum atomic E-state index is 0.657. The van der Waals surface area contributed by atoms with Gasteiger partial charge in [-0.1, -0.05) is 25.5 Å². The van der Waals surface area contributed by atoms with Gasteiger partial charge in [-0.3, -0.25) is 0 Å². The lowest BCUT2D eigenvalue weighted by Gasteiger charge is -2.03. The molecule has 60 valence electrons. The molecule has 0 amide bonds. The number of hydrogen-bond donors (Lipinski definition) is 0. The van der Waals surface area contributed by atoms with E-state index in [4.69, 9.17) is 11.6 Å². The number of halogens is 1. The van der Waals surface area contributed by atoms with Gasteiger partial charge in [-0.2, -0.15) is 0 Å². The van der Waals surface area contributed by atoms with E-state index in [-0.39, 0.29) is 0 Å². The van der Waals surface area contributed by atoms with E-state index >= 15 is 0 Å². The Balaban J connectivity index is 3.39. The molecule has 10 heavy (non-hydrogen) atoms. The summed E-state index contributed by atoms with van der Waals surface area (Å²) in [6.45, 7) is 6.63. The third-order valence-corrected chi connectivity index (χ3v) is 1.70. The Bertz CT molecular complexity index is 103. The van der Waals surface area contributed by atoms with E-state index in [1.165, 1.54) is 18.4 Å².